The first-order chi connectivity index (χ1) is 10.6. The summed E-state index contributed by atoms with van der Waals surface area (Å²) in [5.74, 6) is 0.314. The van der Waals surface area contributed by atoms with Gasteiger partial charge in [-0.05, 0) is 31.0 Å². The summed E-state index contributed by atoms with van der Waals surface area (Å²) in [5, 5.41) is 0.969. The quantitative estimate of drug-likeness (QED) is 0.900. The number of rotatable bonds is 3. The number of nitrogens with zero attached hydrogens (tertiary/aromatic N) is 1. The van der Waals surface area contributed by atoms with Crippen molar-refractivity contribution in [3.8, 4) is 5.75 Å². The van der Waals surface area contributed by atoms with Gasteiger partial charge in [0.15, 0.2) is 0 Å². The van der Waals surface area contributed by atoms with Gasteiger partial charge < -0.3 is 20.4 Å². The van der Waals surface area contributed by atoms with Crippen LogP contribution >= 0.6 is 0 Å². The molecule has 22 heavy (non-hydrogen) atoms. The largest absolute Gasteiger partial charge is 0.497 e. The molecule has 1 aromatic carbocycles. The predicted octanol–water partition coefficient (Wildman–Crippen LogP) is 1.51. The molecule has 2 aromatic rings. The molecule has 3 rings (SSSR count). The van der Waals surface area contributed by atoms with Crippen LogP contribution in [-0.2, 0) is 4.79 Å². The zero-order chi connectivity index (χ0) is 15.7. The number of H-pyrrole nitrogens is 1. The summed E-state index contributed by atoms with van der Waals surface area (Å²) in [5.41, 5.74) is 6.74. The average molecular weight is 301 g/mol. The minimum Gasteiger partial charge on any atom is -0.497 e. The van der Waals surface area contributed by atoms with Gasteiger partial charge in [0.25, 0.3) is 5.91 Å². The standard InChI is InChI=1S/C16H19N3O3/c1-22-12-3-2-11-8-14(18-13(11)9-12)16(21)19-6-4-10(5-7-19)15(17)20/h2-3,8-10,18H,4-7H2,1H3,(H2,17,20). The lowest BCUT2D eigenvalue weighted by Crippen LogP contribution is -2.41. The summed E-state index contributed by atoms with van der Waals surface area (Å²) < 4.78 is 5.18. The van der Waals surface area contributed by atoms with E-state index in [9.17, 15) is 9.59 Å². The van der Waals surface area contributed by atoms with Crippen molar-refractivity contribution in [2.24, 2.45) is 11.7 Å². The van der Waals surface area contributed by atoms with Crippen LogP contribution in [0.2, 0.25) is 0 Å². The van der Waals surface area contributed by atoms with Crippen molar-refractivity contribution >= 4 is 22.7 Å². The lowest BCUT2D eigenvalue weighted by atomic mass is 9.96. The number of piperidine rings is 1. The van der Waals surface area contributed by atoms with E-state index in [4.69, 9.17) is 10.5 Å². The van der Waals surface area contributed by atoms with Crippen molar-refractivity contribution in [1.82, 2.24) is 9.88 Å². The summed E-state index contributed by atoms with van der Waals surface area (Å²) in [6.07, 6.45) is 1.27. The maximum atomic E-state index is 12.5. The van der Waals surface area contributed by atoms with E-state index in [0.29, 0.717) is 31.6 Å². The molecule has 0 unspecified atom stereocenters. The zero-order valence-electron chi connectivity index (χ0n) is 12.5. The molecule has 0 spiro atoms. The molecule has 6 nitrogen and oxygen atoms in total. The Labute approximate surface area is 128 Å². The van der Waals surface area contributed by atoms with Gasteiger partial charge >= 0.3 is 0 Å². The maximum Gasteiger partial charge on any atom is 0.270 e. The third-order valence-corrected chi connectivity index (χ3v) is 4.24. The van der Waals surface area contributed by atoms with E-state index in [1.165, 1.54) is 0 Å². The number of amides is 2. The van der Waals surface area contributed by atoms with Crippen LogP contribution in [0.1, 0.15) is 23.3 Å². The van der Waals surface area contributed by atoms with Gasteiger partial charge in [0.1, 0.15) is 11.4 Å². The molecule has 2 heterocycles. The molecule has 0 aliphatic carbocycles. The van der Waals surface area contributed by atoms with Gasteiger partial charge in [0.05, 0.1) is 7.11 Å². The van der Waals surface area contributed by atoms with Gasteiger partial charge in [0.2, 0.25) is 5.91 Å². The van der Waals surface area contributed by atoms with Gasteiger partial charge in [-0.3, -0.25) is 9.59 Å². The molecule has 1 saturated heterocycles. The van der Waals surface area contributed by atoms with Gasteiger partial charge in [-0.15, -0.1) is 0 Å². The van der Waals surface area contributed by atoms with Crippen molar-refractivity contribution in [2.45, 2.75) is 12.8 Å². The van der Waals surface area contributed by atoms with Crippen LogP contribution in [0.25, 0.3) is 10.9 Å². The van der Waals surface area contributed by atoms with Crippen molar-refractivity contribution in [1.29, 1.82) is 0 Å². The molecule has 0 atom stereocenters. The first-order valence-corrected chi connectivity index (χ1v) is 7.34. The van der Waals surface area contributed by atoms with Gasteiger partial charge in [0, 0.05) is 36.0 Å². The van der Waals surface area contributed by atoms with Crippen LogP contribution in [0, 0.1) is 5.92 Å². The fourth-order valence-electron chi connectivity index (χ4n) is 2.89. The van der Waals surface area contributed by atoms with Crippen LogP contribution in [0.4, 0.5) is 0 Å². The Balaban J connectivity index is 1.76. The van der Waals surface area contributed by atoms with Crippen molar-refractivity contribution in [2.75, 3.05) is 20.2 Å². The van der Waals surface area contributed by atoms with Crippen LogP contribution in [-0.4, -0.2) is 41.9 Å². The average Bonchev–Trinajstić information content (AvgIpc) is 2.97. The summed E-state index contributed by atoms with van der Waals surface area (Å²) in [6, 6.07) is 7.49. The zero-order valence-corrected chi connectivity index (χ0v) is 12.5. The van der Waals surface area contributed by atoms with E-state index in [-0.39, 0.29) is 17.7 Å². The molecule has 1 fully saturated rings. The summed E-state index contributed by atoms with van der Waals surface area (Å²) in [6.45, 7) is 1.12. The van der Waals surface area contributed by atoms with E-state index in [1.54, 1.807) is 12.0 Å². The minimum atomic E-state index is -0.273. The number of ether oxygens (including phenoxy) is 1. The second-order valence-electron chi connectivity index (χ2n) is 5.61. The third-order valence-electron chi connectivity index (χ3n) is 4.24. The molecule has 2 amide bonds. The smallest absolute Gasteiger partial charge is 0.270 e. The van der Waals surface area contributed by atoms with Crippen molar-refractivity contribution < 1.29 is 14.3 Å². The van der Waals surface area contributed by atoms with E-state index in [1.807, 2.05) is 24.3 Å². The number of nitrogens with one attached hydrogen (secondary N) is 1. The molecule has 3 N–H and O–H groups in total. The number of likely N-dealkylation sites (tertiary alicyclic amines) is 1. The highest BCUT2D eigenvalue weighted by Crippen LogP contribution is 2.23. The highest BCUT2D eigenvalue weighted by atomic mass is 16.5. The SMILES string of the molecule is COc1ccc2cc(C(=O)N3CCC(C(N)=O)CC3)[nH]c2c1. The Morgan fingerprint density at radius 1 is 1.27 bits per heavy atom. The summed E-state index contributed by atoms with van der Waals surface area (Å²) in [7, 11) is 1.61. The molecule has 1 aliphatic heterocycles. The first-order valence-electron chi connectivity index (χ1n) is 7.34. The number of carbonyl (C=O) groups is 2. The number of benzene rings is 1. The Bertz CT molecular complexity index is 714. The normalized spacial score (nSPS) is 16.0. The highest BCUT2D eigenvalue weighted by Gasteiger charge is 2.27. The van der Waals surface area contributed by atoms with E-state index >= 15 is 0 Å². The molecule has 6 heteroatoms. The van der Waals surface area contributed by atoms with Crippen LogP contribution in [0.15, 0.2) is 24.3 Å². The Hall–Kier alpha value is -2.50. The third kappa shape index (κ3) is 2.64. The fourth-order valence-corrected chi connectivity index (χ4v) is 2.89. The van der Waals surface area contributed by atoms with E-state index in [2.05, 4.69) is 4.98 Å². The van der Waals surface area contributed by atoms with Crippen LogP contribution in [0.5, 0.6) is 5.75 Å². The number of fused-ring (bicyclic) bond motifs is 1. The molecule has 1 aromatic heterocycles. The number of hydrogen-bond acceptors (Lipinski definition) is 3. The number of carbonyl (C=O) groups excluding carboxylic acids is 2. The van der Waals surface area contributed by atoms with Gasteiger partial charge in [-0.2, -0.15) is 0 Å². The molecule has 0 radical (unpaired) electrons. The number of nitrogens with two attached hydrogens (primary N) is 1. The Morgan fingerprint density at radius 2 is 2.00 bits per heavy atom. The number of hydrogen-bond donors (Lipinski definition) is 2. The molecule has 116 valence electrons. The predicted molar refractivity (Wildman–Crippen MR) is 82.7 cm³/mol. The van der Waals surface area contributed by atoms with Crippen LogP contribution < -0.4 is 10.5 Å². The fraction of sp³-hybridized carbons (Fsp3) is 0.375. The highest BCUT2D eigenvalue weighted by molar-refractivity contribution is 5.98. The van der Waals surface area contributed by atoms with E-state index < -0.39 is 0 Å². The molecular formula is C16H19N3O3. The summed E-state index contributed by atoms with van der Waals surface area (Å²) in [4.78, 5) is 28.6. The monoisotopic (exact) mass is 301 g/mol. The molecular weight excluding hydrogens is 282 g/mol. The second-order valence-corrected chi connectivity index (χ2v) is 5.61. The Morgan fingerprint density at radius 3 is 2.64 bits per heavy atom. The van der Waals surface area contributed by atoms with Crippen LogP contribution in [0.3, 0.4) is 0 Å². The van der Waals surface area contributed by atoms with Gasteiger partial charge in [-0.25, -0.2) is 0 Å². The lowest BCUT2D eigenvalue weighted by molar-refractivity contribution is -0.123. The number of aromatic nitrogens is 1. The maximum absolute atomic E-state index is 12.5. The molecule has 1 aliphatic rings. The van der Waals surface area contributed by atoms with Gasteiger partial charge in [-0.1, -0.05) is 0 Å². The van der Waals surface area contributed by atoms with Crippen molar-refractivity contribution in [3.63, 3.8) is 0 Å². The lowest BCUT2D eigenvalue weighted by Gasteiger charge is -2.30. The number of primary amides is 1. The molecule has 0 bridgehead atoms. The second kappa shape index (κ2) is 5.71. The van der Waals surface area contributed by atoms with E-state index in [0.717, 1.165) is 16.7 Å². The Kier molecular flexibility index (Phi) is 3.75. The minimum absolute atomic E-state index is 0.0434. The first kappa shape index (κ1) is 14.4. The topological polar surface area (TPSA) is 88.4 Å². The number of methoxy groups -OCH3 is 1. The summed E-state index contributed by atoms with van der Waals surface area (Å²) >= 11 is 0. The number of aromatic amines is 1. The van der Waals surface area contributed by atoms with Crippen molar-refractivity contribution in [3.05, 3.63) is 30.0 Å². The molecule has 0 saturated carbocycles.